The quantitative estimate of drug-likeness (QED) is 0.366. The summed E-state index contributed by atoms with van der Waals surface area (Å²) < 4.78 is 0. The number of hydrogen-bond acceptors (Lipinski definition) is 5. The molecule has 4 N–H and O–H groups in total. The standard InChI is InChI=1S/C16H27N3O5/c1-16(10-20,6-14(22)23)9-19-15(24)18-8-13-4-2-3-12(5-13)7-17-11-21/h12-13,20H,2-10H2,1H3,(H,22,23)(H2,18,19,24). The Labute approximate surface area is 141 Å². The Morgan fingerprint density at radius 2 is 2.00 bits per heavy atom. The first-order valence-electron chi connectivity index (χ1n) is 8.26. The van der Waals surface area contributed by atoms with Crippen molar-refractivity contribution in [1.29, 1.82) is 0 Å². The van der Waals surface area contributed by atoms with Crippen LogP contribution in [0.1, 0.15) is 39.0 Å². The van der Waals surface area contributed by atoms with E-state index >= 15 is 0 Å². The minimum atomic E-state index is -1.01. The molecule has 1 fully saturated rings. The van der Waals surface area contributed by atoms with Gasteiger partial charge in [-0.2, -0.15) is 0 Å². The third-order valence-corrected chi connectivity index (χ3v) is 4.49. The highest BCUT2D eigenvalue weighted by atomic mass is 16.4. The van der Waals surface area contributed by atoms with Gasteiger partial charge in [0.1, 0.15) is 0 Å². The van der Waals surface area contributed by atoms with Gasteiger partial charge in [0.25, 0.3) is 0 Å². The molecule has 8 nitrogen and oxygen atoms in total. The molecule has 0 radical (unpaired) electrons. The molecule has 24 heavy (non-hydrogen) atoms. The first kappa shape index (κ1) is 20.1. The molecule has 0 heterocycles. The lowest BCUT2D eigenvalue weighted by Gasteiger charge is -2.29. The lowest BCUT2D eigenvalue weighted by molar-refractivity contribution is -0.140. The van der Waals surface area contributed by atoms with E-state index in [0.29, 0.717) is 24.9 Å². The molecule has 2 amide bonds. The molecular formula is C16H27N3O5. The Hall–Kier alpha value is -1.92. The monoisotopic (exact) mass is 341 g/mol. The number of urea groups is 1. The Balaban J connectivity index is 2.32. The maximum Gasteiger partial charge on any atom is 0.314 e. The van der Waals surface area contributed by atoms with Crippen molar-refractivity contribution in [2.24, 2.45) is 22.2 Å². The lowest BCUT2D eigenvalue weighted by atomic mass is 9.81. The average molecular weight is 341 g/mol. The number of carbonyl (C=O) groups is 2. The number of isocyanates is 1. The second-order valence-electron chi connectivity index (χ2n) is 6.93. The van der Waals surface area contributed by atoms with Crippen LogP contribution in [0.4, 0.5) is 4.79 Å². The third-order valence-electron chi connectivity index (χ3n) is 4.49. The molecule has 8 heteroatoms. The number of nitrogens with zero attached hydrogens (tertiary/aromatic N) is 1. The molecule has 0 aliphatic heterocycles. The van der Waals surface area contributed by atoms with Crippen LogP contribution in [0.5, 0.6) is 0 Å². The Morgan fingerprint density at radius 3 is 2.62 bits per heavy atom. The number of amides is 2. The van der Waals surface area contributed by atoms with Gasteiger partial charge in [-0.1, -0.05) is 13.3 Å². The fourth-order valence-corrected chi connectivity index (χ4v) is 3.05. The molecule has 1 aliphatic rings. The molecule has 1 rings (SSSR count). The van der Waals surface area contributed by atoms with Gasteiger partial charge >= 0.3 is 12.0 Å². The van der Waals surface area contributed by atoms with E-state index < -0.39 is 11.4 Å². The first-order chi connectivity index (χ1) is 11.4. The zero-order chi connectivity index (χ0) is 18.0. The summed E-state index contributed by atoms with van der Waals surface area (Å²) in [5, 5.41) is 23.6. The van der Waals surface area contributed by atoms with Gasteiger partial charge in [0.05, 0.1) is 19.6 Å². The van der Waals surface area contributed by atoms with Crippen LogP contribution >= 0.6 is 0 Å². The van der Waals surface area contributed by atoms with Gasteiger partial charge in [0, 0.05) is 18.5 Å². The number of nitrogens with one attached hydrogen (secondary N) is 2. The molecule has 0 aromatic carbocycles. The molecule has 1 aliphatic carbocycles. The van der Waals surface area contributed by atoms with Gasteiger partial charge in [0.15, 0.2) is 0 Å². The van der Waals surface area contributed by atoms with Crippen LogP contribution in [0.15, 0.2) is 4.99 Å². The van der Waals surface area contributed by atoms with Crippen LogP contribution < -0.4 is 10.6 Å². The predicted molar refractivity (Wildman–Crippen MR) is 87.3 cm³/mol. The molecule has 0 bridgehead atoms. The van der Waals surface area contributed by atoms with Crippen molar-refractivity contribution in [3.05, 3.63) is 0 Å². The normalized spacial score (nSPS) is 22.8. The van der Waals surface area contributed by atoms with E-state index in [1.54, 1.807) is 13.0 Å². The molecule has 0 saturated heterocycles. The fourth-order valence-electron chi connectivity index (χ4n) is 3.05. The van der Waals surface area contributed by atoms with E-state index in [-0.39, 0.29) is 25.6 Å². The summed E-state index contributed by atoms with van der Waals surface area (Å²) in [7, 11) is 0. The number of hydrogen-bond donors (Lipinski definition) is 4. The maximum atomic E-state index is 11.9. The van der Waals surface area contributed by atoms with Gasteiger partial charge in [-0.15, -0.1) is 0 Å². The third kappa shape index (κ3) is 7.57. The van der Waals surface area contributed by atoms with E-state index in [1.807, 2.05) is 0 Å². The molecule has 0 aromatic rings. The van der Waals surface area contributed by atoms with Crippen molar-refractivity contribution in [2.75, 3.05) is 26.2 Å². The topological polar surface area (TPSA) is 128 Å². The van der Waals surface area contributed by atoms with E-state index in [1.165, 1.54) is 0 Å². The summed E-state index contributed by atoms with van der Waals surface area (Å²) >= 11 is 0. The summed E-state index contributed by atoms with van der Waals surface area (Å²) in [5.41, 5.74) is -0.883. The largest absolute Gasteiger partial charge is 0.481 e. The van der Waals surface area contributed by atoms with Crippen molar-refractivity contribution < 1.29 is 24.6 Å². The Bertz CT molecular complexity index is 478. The molecule has 0 spiro atoms. The van der Waals surface area contributed by atoms with Crippen LogP contribution in [0.2, 0.25) is 0 Å². The number of aliphatic imine (C=N–C) groups is 1. The number of carboxylic acid groups (broad SMARTS) is 1. The lowest BCUT2D eigenvalue weighted by Crippen LogP contribution is -2.45. The summed E-state index contributed by atoms with van der Waals surface area (Å²) in [4.78, 5) is 36.5. The number of aliphatic carboxylic acids is 1. The second-order valence-corrected chi connectivity index (χ2v) is 6.93. The number of rotatable bonds is 9. The van der Waals surface area contributed by atoms with E-state index in [9.17, 15) is 19.5 Å². The highest BCUT2D eigenvalue weighted by Gasteiger charge is 2.28. The minimum Gasteiger partial charge on any atom is -0.481 e. The molecule has 3 atom stereocenters. The van der Waals surface area contributed by atoms with Crippen LogP contribution in [0.25, 0.3) is 0 Å². The fraction of sp³-hybridized carbons (Fsp3) is 0.812. The predicted octanol–water partition coefficient (Wildman–Crippen LogP) is 0.901. The zero-order valence-corrected chi connectivity index (χ0v) is 14.1. The molecule has 1 saturated carbocycles. The second kappa shape index (κ2) is 10.1. The van der Waals surface area contributed by atoms with E-state index in [4.69, 9.17) is 5.11 Å². The number of carbonyl (C=O) groups excluding carboxylic acids is 2. The van der Waals surface area contributed by atoms with Gasteiger partial charge in [-0.05, 0) is 31.1 Å². The van der Waals surface area contributed by atoms with Gasteiger partial charge in [0.2, 0.25) is 6.08 Å². The first-order valence-corrected chi connectivity index (χ1v) is 8.26. The van der Waals surface area contributed by atoms with Crippen molar-refractivity contribution in [2.45, 2.75) is 39.0 Å². The van der Waals surface area contributed by atoms with E-state index in [0.717, 1.165) is 25.7 Å². The smallest absolute Gasteiger partial charge is 0.314 e. The van der Waals surface area contributed by atoms with E-state index in [2.05, 4.69) is 15.6 Å². The van der Waals surface area contributed by atoms with Gasteiger partial charge in [-0.25, -0.2) is 14.6 Å². The van der Waals surface area contributed by atoms with Crippen LogP contribution in [0, 0.1) is 17.3 Å². The highest BCUT2D eigenvalue weighted by molar-refractivity contribution is 5.74. The number of aliphatic hydroxyl groups is 1. The molecule has 136 valence electrons. The van der Waals surface area contributed by atoms with Crippen molar-refractivity contribution in [3.8, 4) is 0 Å². The molecule has 0 aromatic heterocycles. The van der Waals surface area contributed by atoms with Gasteiger partial charge < -0.3 is 20.8 Å². The zero-order valence-electron chi connectivity index (χ0n) is 14.1. The highest BCUT2D eigenvalue weighted by Crippen LogP contribution is 2.28. The average Bonchev–Trinajstić information content (AvgIpc) is 2.56. The number of carboxylic acids is 1. The van der Waals surface area contributed by atoms with Crippen molar-refractivity contribution >= 4 is 18.1 Å². The van der Waals surface area contributed by atoms with Crippen molar-refractivity contribution in [3.63, 3.8) is 0 Å². The number of aliphatic hydroxyl groups excluding tert-OH is 1. The maximum absolute atomic E-state index is 11.9. The SMILES string of the molecule is CC(CO)(CNC(=O)NCC1CCCC(CN=C=O)C1)CC(=O)O. The molecule has 3 unspecified atom stereocenters. The Morgan fingerprint density at radius 1 is 1.29 bits per heavy atom. The van der Waals surface area contributed by atoms with Crippen molar-refractivity contribution in [1.82, 2.24) is 10.6 Å². The minimum absolute atomic E-state index is 0.0863. The summed E-state index contributed by atoms with van der Waals surface area (Å²) in [6.07, 6.45) is 5.37. The summed E-state index contributed by atoms with van der Waals surface area (Å²) in [5.74, 6) is -0.303. The van der Waals surface area contributed by atoms with Gasteiger partial charge in [-0.3, -0.25) is 4.79 Å². The Kier molecular flexibility index (Phi) is 8.43. The van der Waals surface area contributed by atoms with Crippen LogP contribution in [0.3, 0.4) is 0 Å². The van der Waals surface area contributed by atoms with Crippen LogP contribution in [-0.2, 0) is 9.59 Å². The summed E-state index contributed by atoms with van der Waals surface area (Å²) in [6.45, 7) is 2.41. The summed E-state index contributed by atoms with van der Waals surface area (Å²) in [6, 6.07) is -0.368. The molecular weight excluding hydrogens is 314 g/mol. The van der Waals surface area contributed by atoms with Crippen LogP contribution in [-0.4, -0.2) is 54.5 Å².